The molecular weight excluding hydrogens is 302 g/mol. The minimum absolute atomic E-state index is 0.581. The summed E-state index contributed by atoms with van der Waals surface area (Å²) in [6.07, 6.45) is 7.99. The van der Waals surface area contributed by atoms with Crippen LogP contribution in [0.25, 0.3) is 0 Å². The lowest BCUT2D eigenvalue weighted by molar-refractivity contribution is 0.188. The van der Waals surface area contributed by atoms with Gasteiger partial charge in [0.05, 0.1) is 0 Å². The fourth-order valence-corrected chi connectivity index (χ4v) is 4.74. The summed E-state index contributed by atoms with van der Waals surface area (Å²) in [4.78, 5) is 7.05. The average molecular weight is 327 g/mol. The molecule has 1 atom stereocenters. The Morgan fingerprint density at radius 1 is 1.30 bits per heavy atom. The SMILES string of the molecule is Cc1ccncc1CN(Cc1ccsc1)C1CC12CCNCC2. The highest BCUT2D eigenvalue weighted by atomic mass is 32.1. The van der Waals surface area contributed by atoms with E-state index in [1.165, 1.54) is 49.0 Å². The molecule has 1 N–H and O–H groups in total. The first kappa shape index (κ1) is 15.3. The van der Waals surface area contributed by atoms with Crippen LogP contribution in [0, 0.1) is 12.3 Å². The number of hydrogen-bond acceptors (Lipinski definition) is 4. The van der Waals surface area contributed by atoms with Crippen LogP contribution >= 0.6 is 11.3 Å². The molecule has 0 bridgehead atoms. The summed E-state index contributed by atoms with van der Waals surface area (Å²) >= 11 is 1.80. The Balaban J connectivity index is 1.53. The van der Waals surface area contributed by atoms with Crippen LogP contribution < -0.4 is 5.32 Å². The zero-order chi connectivity index (χ0) is 15.7. The van der Waals surface area contributed by atoms with Crippen molar-refractivity contribution in [2.24, 2.45) is 5.41 Å². The average Bonchev–Trinajstić information content (AvgIpc) is 3.01. The Morgan fingerprint density at radius 2 is 2.17 bits per heavy atom. The van der Waals surface area contributed by atoms with Gasteiger partial charge in [0.1, 0.15) is 0 Å². The molecule has 2 fully saturated rings. The number of piperidine rings is 1. The number of rotatable bonds is 5. The number of hydrogen-bond donors (Lipinski definition) is 1. The monoisotopic (exact) mass is 327 g/mol. The first-order valence-corrected chi connectivity index (χ1v) is 9.56. The smallest absolute Gasteiger partial charge is 0.0315 e. The van der Waals surface area contributed by atoms with E-state index in [1.807, 2.05) is 12.4 Å². The third kappa shape index (κ3) is 3.21. The van der Waals surface area contributed by atoms with Gasteiger partial charge in [-0.05, 0) is 84.3 Å². The third-order valence-electron chi connectivity index (χ3n) is 5.67. The molecule has 4 rings (SSSR count). The Labute approximate surface area is 142 Å². The van der Waals surface area contributed by atoms with Crippen LogP contribution in [0.2, 0.25) is 0 Å². The zero-order valence-corrected chi connectivity index (χ0v) is 14.6. The molecule has 1 unspecified atom stereocenters. The van der Waals surface area contributed by atoms with Gasteiger partial charge in [0.25, 0.3) is 0 Å². The second kappa shape index (κ2) is 6.34. The second-order valence-electron chi connectivity index (χ2n) is 7.17. The number of thiophene rings is 1. The lowest BCUT2D eigenvalue weighted by Gasteiger charge is -2.29. The normalized spacial score (nSPS) is 22.6. The molecule has 23 heavy (non-hydrogen) atoms. The van der Waals surface area contributed by atoms with Crippen LogP contribution in [0.5, 0.6) is 0 Å². The van der Waals surface area contributed by atoms with Crippen molar-refractivity contribution >= 4 is 11.3 Å². The summed E-state index contributed by atoms with van der Waals surface area (Å²) < 4.78 is 0. The van der Waals surface area contributed by atoms with Gasteiger partial charge >= 0.3 is 0 Å². The van der Waals surface area contributed by atoms with Crippen molar-refractivity contribution in [2.75, 3.05) is 13.1 Å². The molecule has 1 aliphatic carbocycles. The van der Waals surface area contributed by atoms with E-state index in [1.54, 1.807) is 11.3 Å². The summed E-state index contributed by atoms with van der Waals surface area (Å²) in [5, 5.41) is 8.00. The Hall–Kier alpha value is -1.23. The Bertz CT molecular complexity index is 646. The van der Waals surface area contributed by atoms with E-state index in [-0.39, 0.29) is 0 Å². The van der Waals surface area contributed by atoms with Gasteiger partial charge < -0.3 is 5.32 Å². The van der Waals surface area contributed by atoms with E-state index in [0.29, 0.717) is 5.41 Å². The molecule has 1 spiro atoms. The second-order valence-corrected chi connectivity index (χ2v) is 7.95. The predicted molar refractivity (Wildman–Crippen MR) is 95.5 cm³/mol. The van der Waals surface area contributed by atoms with Gasteiger partial charge in [0.15, 0.2) is 0 Å². The molecule has 1 saturated heterocycles. The summed E-state index contributed by atoms with van der Waals surface area (Å²) in [6.45, 7) is 6.67. The van der Waals surface area contributed by atoms with E-state index < -0.39 is 0 Å². The summed E-state index contributed by atoms with van der Waals surface area (Å²) in [7, 11) is 0. The number of nitrogens with zero attached hydrogens (tertiary/aromatic N) is 2. The summed E-state index contributed by atoms with van der Waals surface area (Å²) in [5.74, 6) is 0. The van der Waals surface area contributed by atoms with Gasteiger partial charge in [-0.1, -0.05) is 0 Å². The summed E-state index contributed by atoms with van der Waals surface area (Å²) in [5.41, 5.74) is 4.76. The van der Waals surface area contributed by atoms with Crippen LogP contribution in [-0.2, 0) is 13.1 Å². The van der Waals surface area contributed by atoms with Gasteiger partial charge in [-0.25, -0.2) is 0 Å². The van der Waals surface area contributed by atoms with Crippen LogP contribution in [0.15, 0.2) is 35.3 Å². The minimum atomic E-state index is 0.581. The largest absolute Gasteiger partial charge is 0.317 e. The van der Waals surface area contributed by atoms with E-state index in [9.17, 15) is 0 Å². The maximum Gasteiger partial charge on any atom is 0.0315 e. The van der Waals surface area contributed by atoms with Crippen molar-refractivity contribution in [3.63, 3.8) is 0 Å². The molecule has 2 aromatic heterocycles. The standard InChI is InChI=1S/C19H25N3S/c1-15-2-6-21-11-17(15)13-22(12-16-3-9-23-14-16)18-10-19(18)4-7-20-8-5-19/h2-3,6,9,11,14,18,20H,4-5,7-8,10,12-13H2,1H3. The van der Waals surface area contributed by atoms with Crippen molar-refractivity contribution in [3.8, 4) is 0 Å². The van der Waals surface area contributed by atoms with E-state index >= 15 is 0 Å². The van der Waals surface area contributed by atoms with Crippen molar-refractivity contribution in [2.45, 2.75) is 45.3 Å². The van der Waals surface area contributed by atoms with Gasteiger partial charge in [-0.2, -0.15) is 11.3 Å². The maximum atomic E-state index is 4.34. The first-order valence-electron chi connectivity index (χ1n) is 8.62. The number of pyridine rings is 1. The highest BCUT2D eigenvalue weighted by Crippen LogP contribution is 2.56. The molecule has 1 aliphatic heterocycles. The van der Waals surface area contributed by atoms with Crippen LogP contribution in [0.4, 0.5) is 0 Å². The molecular formula is C19H25N3S. The van der Waals surface area contributed by atoms with Crippen LogP contribution in [0.1, 0.15) is 36.0 Å². The molecule has 1 saturated carbocycles. The minimum Gasteiger partial charge on any atom is -0.317 e. The molecule has 0 amide bonds. The summed E-state index contributed by atoms with van der Waals surface area (Å²) in [6, 6.07) is 5.14. The van der Waals surface area contributed by atoms with Gasteiger partial charge in [0, 0.05) is 31.5 Å². The fraction of sp³-hybridized carbons (Fsp3) is 0.526. The molecule has 3 heterocycles. The number of aryl methyl sites for hydroxylation is 1. The molecule has 2 aliphatic rings. The highest BCUT2D eigenvalue weighted by molar-refractivity contribution is 7.07. The van der Waals surface area contributed by atoms with E-state index in [0.717, 1.165) is 19.1 Å². The van der Waals surface area contributed by atoms with E-state index in [2.05, 4.69) is 45.0 Å². The van der Waals surface area contributed by atoms with Gasteiger partial charge in [-0.15, -0.1) is 0 Å². The predicted octanol–water partition coefficient (Wildman–Crippen LogP) is 3.60. The third-order valence-corrected chi connectivity index (χ3v) is 6.41. The topological polar surface area (TPSA) is 28.2 Å². The van der Waals surface area contributed by atoms with Crippen molar-refractivity contribution < 1.29 is 0 Å². The molecule has 0 aromatic carbocycles. The quantitative estimate of drug-likeness (QED) is 0.909. The molecule has 122 valence electrons. The van der Waals surface area contributed by atoms with Crippen molar-refractivity contribution in [1.82, 2.24) is 15.2 Å². The molecule has 2 aromatic rings. The van der Waals surface area contributed by atoms with Crippen LogP contribution in [-0.4, -0.2) is 29.0 Å². The van der Waals surface area contributed by atoms with Crippen LogP contribution in [0.3, 0.4) is 0 Å². The lowest BCUT2D eigenvalue weighted by atomic mass is 9.93. The maximum absolute atomic E-state index is 4.34. The fourth-order valence-electron chi connectivity index (χ4n) is 4.08. The number of aromatic nitrogens is 1. The molecule has 3 nitrogen and oxygen atoms in total. The van der Waals surface area contributed by atoms with Crippen molar-refractivity contribution in [3.05, 3.63) is 52.0 Å². The highest BCUT2D eigenvalue weighted by Gasteiger charge is 2.56. The zero-order valence-electron chi connectivity index (χ0n) is 13.8. The molecule has 0 radical (unpaired) electrons. The van der Waals surface area contributed by atoms with E-state index in [4.69, 9.17) is 0 Å². The Kier molecular flexibility index (Phi) is 4.22. The lowest BCUT2D eigenvalue weighted by Crippen LogP contribution is -2.35. The Morgan fingerprint density at radius 3 is 2.91 bits per heavy atom. The first-order chi connectivity index (χ1) is 11.3. The number of nitrogens with one attached hydrogen (secondary N) is 1. The van der Waals surface area contributed by atoms with Gasteiger partial charge in [-0.3, -0.25) is 9.88 Å². The van der Waals surface area contributed by atoms with Crippen molar-refractivity contribution in [1.29, 1.82) is 0 Å². The molecule has 4 heteroatoms. The van der Waals surface area contributed by atoms with Gasteiger partial charge in [0.2, 0.25) is 0 Å².